The molecule has 0 radical (unpaired) electrons. The maximum atomic E-state index is 11.8. The number of ether oxygens (including phenoxy) is 1. The Morgan fingerprint density at radius 2 is 2.05 bits per heavy atom. The maximum Gasteiger partial charge on any atom is 0.310 e. The lowest BCUT2D eigenvalue weighted by molar-refractivity contribution is -0.143. The van der Waals surface area contributed by atoms with Gasteiger partial charge in [0.05, 0.1) is 30.1 Å². The van der Waals surface area contributed by atoms with Crippen LogP contribution in [0.5, 0.6) is 0 Å². The molecule has 0 aliphatic carbocycles. The Labute approximate surface area is 114 Å². The van der Waals surface area contributed by atoms with Crippen LogP contribution in [0.15, 0.2) is 0 Å². The molecule has 0 aromatic heterocycles. The number of carboxylic acids is 1. The fourth-order valence-electron chi connectivity index (χ4n) is 2.18. The van der Waals surface area contributed by atoms with Crippen LogP contribution < -0.4 is 0 Å². The molecule has 1 heterocycles. The molecule has 6 nitrogen and oxygen atoms in total. The number of nitrogens with zero attached hydrogens (tertiary/aromatic N) is 1. The van der Waals surface area contributed by atoms with Crippen LogP contribution in [0.4, 0.5) is 0 Å². The summed E-state index contributed by atoms with van der Waals surface area (Å²) < 4.78 is 28.8. The second-order valence-corrected chi connectivity index (χ2v) is 7.77. The summed E-state index contributed by atoms with van der Waals surface area (Å²) in [6, 6.07) is -0.232. The molecule has 0 spiro atoms. The van der Waals surface area contributed by atoms with Crippen molar-refractivity contribution in [1.82, 2.24) is 4.90 Å². The molecular weight excluding hydrogens is 270 g/mol. The van der Waals surface area contributed by atoms with E-state index in [1.165, 1.54) is 0 Å². The molecule has 19 heavy (non-hydrogen) atoms. The molecule has 2 atom stereocenters. The van der Waals surface area contributed by atoms with Gasteiger partial charge in [0.25, 0.3) is 0 Å². The Bertz CT molecular complexity index is 406. The monoisotopic (exact) mass is 293 g/mol. The molecule has 1 rings (SSSR count). The molecule has 1 saturated heterocycles. The van der Waals surface area contributed by atoms with Crippen molar-refractivity contribution in [3.05, 3.63) is 0 Å². The van der Waals surface area contributed by atoms with Crippen LogP contribution in [0.25, 0.3) is 0 Å². The highest BCUT2D eigenvalue weighted by Crippen LogP contribution is 2.20. The zero-order valence-electron chi connectivity index (χ0n) is 11.7. The van der Waals surface area contributed by atoms with Crippen LogP contribution >= 0.6 is 0 Å². The fraction of sp³-hybridized carbons (Fsp3) is 0.917. The van der Waals surface area contributed by atoms with Gasteiger partial charge in [-0.3, -0.25) is 9.69 Å². The third-order valence-electron chi connectivity index (χ3n) is 3.62. The van der Waals surface area contributed by atoms with Gasteiger partial charge in [-0.05, 0) is 20.4 Å². The van der Waals surface area contributed by atoms with E-state index in [4.69, 9.17) is 9.84 Å². The molecular formula is C12H23NO5S. The smallest absolute Gasteiger partial charge is 0.310 e. The summed E-state index contributed by atoms with van der Waals surface area (Å²) in [6.45, 7) is 6.74. The summed E-state index contributed by atoms with van der Waals surface area (Å²) in [5.74, 6) is -1.39. The van der Waals surface area contributed by atoms with Crippen molar-refractivity contribution in [2.24, 2.45) is 5.92 Å². The van der Waals surface area contributed by atoms with Crippen LogP contribution in [-0.4, -0.2) is 67.7 Å². The van der Waals surface area contributed by atoms with E-state index in [1.807, 2.05) is 11.8 Å². The largest absolute Gasteiger partial charge is 0.481 e. The molecule has 1 fully saturated rings. The van der Waals surface area contributed by atoms with E-state index in [1.54, 1.807) is 13.8 Å². The summed E-state index contributed by atoms with van der Waals surface area (Å²) in [4.78, 5) is 13.0. The van der Waals surface area contributed by atoms with Gasteiger partial charge in [-0.15, -0.1) is 0 Å². The number of hydrogen-bond acceptors (Lipinski definition) is 5. The molecule has 0 saturated carbocycles. The van der Waals surface area contributed by atoms with Gasteiger partial charge in [0.15, 0.2) is 9.84 Å². The van der Waals surface area contributed by atoms with Gasteiger partial charge in [-0.25, -0.2) is 8.42 Å². The number of hydrogen-bond donors (Lipinski definition) is 1. The van der Waals surface area contributed by atoms with Gasteiger partial charge in [-0.2, -0.15) is 0 Å². The molecule has 7 heteroatoms. The zero-order chi connectivity index (χ0) is 14.6. The highest BCUT2D eigenvalue weighted by atomic mass is 32.2. The van der Waals surface area contributed by atoms with E-state index in [9.17, 15) is 13.2 Å². The van der Waals surface area contributed by atoms with Crippen LogP contribution in [0.2, 0.25) is 0 Å². The Hall–Kier alpha value is -0.660. The number of carboxylic acid groups (broad SMARTS) is 1. The number of sulfone groups is 1. The average molecular weight is 293 g/mol. The Kier molecular flexibility index (Phi) is 5.76. The van der Waals surface area contributed by atoms with Crippen molar-refractivity contribution in [2.45, 2.75) is 32.1 Å². The first kappa shape index (κ1) is 16.4. The maximum absolute atomic E-state index is 11.8. The van der Waals surface area contributed by atoms with Gasteiger partial charge in [0, 0.05) is 12.6 Å². The summed E-state index contributed by atoms with van der Waals surface area (Å²) in [5.41, 5.74) is 0. The normalized spacial score (nSPS) is 24.3. The highest BCUT2D eigenvalue weighted by molar-refractivity contribution is 7.92. The predicted molar refractivity (Wildman–Crippen MR) is 71.9 cm³/mol. The third-order valence-corrected chi connectivity index (χ3v) is 5.81. The second kappa shape index (κ2) is 6.67. The lowest BCUT2D eigenvalue weighted by atomic mass is 10.0. The predicted octanol–water partition coefficient (Wildman–Crippen LogP) is 0.231. The van der Waals surface area contributed by atoms with Crippen LogP contribution in [0.3, 0.4) is 0 Å². The van der Waals surface area contributed by atoms with Crippen molar-refractivity contribution in [1.29, 1.82) is 0 Å². The zero-order valence-corrected chi connectivity index (χ0v) is 12.5. The SMILES string of the molecule is CCN(CCS(=O)(=O)C(C)C)C1COCC1C(=O)O. The van der Waals surface area contributed by atoms with Gasteiger partial charge in [0.1, 0.15) is 0 Å². The van der Waals surface area contributed by atoms with E-state index in [2.05, 4.69) is 0 Å². The number of carbonyl (C=O) groups is 1. The molecule has 112 valence electrons. The molecule has 0 aromatic rings. The highest BCUT2D eigenvalue weighted by Gasteiger charge is 2.37. The fourth-order valence-corrected chi connectivity index (χ4v) is 3.14. The Morgan fingerprint density at radius 3 is 2.53 bits per heavy atom. The topological polar surface area (TPSA) is 83.9 Å². The van der Waals surface area contributed by atoms with E-state index in [0.29, 0.717) is 19.7 Å². The summed E-state index contributed by atoms with van der Waals surface area (Å²) in [6.07, 6.45) is 0. The molecule has 2 unspecified atom stereocenters. The lowest BCUT2D eigenvalue weighted by Crippen LogP contribution is -2.45. The first-order valence-electron chi connectivity index (χ1n) is 6.55. The van der Waals surface area contributed by atoms with Crippen LogP contribution in [0, 0.1) is 5.92 Å². The molecule has 0 amide bonds. The Morgan fingerprint density at radius 1 is 1.42 bits per heavy atom. The van der Waals surface area contributed by atoms with Crippen molar-refractivity contribution >= 4 is 15.8 Å². The minimum absolute atomic E-state index is 0.0569. The van der Waals surface area contributed by atoms with Gasteiger partial charge < -0.3 is 9.84 Å². The van der Waals surface area contributed by atoms with Crippen LogP contribution in [0.1, 0.15) is 20.8 Å². The quantitative estimate of drug-likeness (QED) is 0.723. The van der Waals surface area contributed by atoms with Gasteiger partial charge in [-0.1, -0.05) is 6.92 Å². The molecule has 1 N–H and O–H groups in total. The standard InChI is InChI=1S/C12H23NO5S/c1-4-13(5-6-19(16,17)9(2)3)11-8-18-7-10(11)12(14)15/h9-11H,4-8H2,1-3H3,(H,14,15). The minimum Gasteiger partial charge on any atom is -0.481 e. The number of likely N-dealkylation sites (N-methyl/N-ethyl adjacent to an activating group) is 1. The second-order valence-electron chi connectivity index (χ2n) is 5.09. The van der Waals surface area contributed by atoms with Gasteiger partial charge in [0.2, 0.25) is 0 Å². The van der Waals surface area contributed by atoms with Crippen molar-refractivity contribution in [2.75, 3.05) is 32.1 Å². The number of rotatable bonds is 7. The molecule has 0 aromatic carbocycles. The molecule has 0 bridgehead atoms. The summed E-state index contributed by atoms with van der Waals surface area (Å²) in [7, 11) is -3.10. The summed E-state index contributed by atoms with van der Waals surface area (Å²) >= 11 is 0. The first-order valence-corrected chi connectivity index (χ1v) is 8.27. The number of aliphatic carboxylic acids is 1. The van der Waals surface area contributed by atoms with Gasteiger partial charge >= 0.3 is 5.97 Å². The van der Waals surface area contributed by atoms with Crippen LogP contribution in [-0.2, 0) is 19.4 Å². The lowest BCUT2D eigenvalue weighted by Gasteiger charge is -2.29. The molecule has 1 aliphatic heterocycles. The van der Waals surface area contributed by atoms with Crippen molar-refractivity contribution in [3.63, 3.8) is 0 Å². The third kappa shape index (κ3) is 4.15. The van der Waals surface area contributed by atoms with E-state index < -0.39 is 27.0 Å². The first-order chi connectivity index (χ1) is 8.79. The van der Waals surface area contributed by atoms with E-state index in [-0.39, 0.29) is 18.4 Å². The van der Waals surface area contributed by atoms with Crippen molar-refractivity contribution in [3.8, 4) is 0 Å². The Balaban J connectivity index is 2.66. The van der Waals surface area contributed by atoms with E-state index in [0.717, 1.165) is 0 Å². The minimum atomic E-state index is -3.10. The summed E-state index contributed by atoms with van der Waals surface area (Å²) in [5, 5.41) is 8.72. The van der Waals surface area contributed by atoms with E-state index >= 15 is 0 Å². The van der Waals surface area contributed by atoms with Crippen molar-refractivity contribution < 1.29 is 23.1 Å². The average Bonchev–Trinajstić information content (AvgIpc) is 2.78. The molecule has 1 aliphatic rings.